The normalized spacial score (nSPS) is 34.1. The van der Waals surface area contributed by atoms with Crippen molar-refractivity contribution < 1.29 is 4.79 Å². The molecule has 1 amide bonds. The number of carbonyl (C=O) groups is 1. The van der Waals surface area contributed by atoms with Gasteiger partial charge in [-0.3, -0.25) is 4.79 Å². The predicted molar refractivity (Wildman–Crippen MR) is 62.8 cm³/mol. The van der Waals surface area contributed by atoms with Gasteiger partial charge < -0.3 is 10.6 Å². The fraction of sp³-hybridized carbons (Fsp3) is 0.923. The van der Waals surface area contributed by atoms with E-state index >= 15 is 0 Å². The third-order valence-electron chi connectivity index (χ3n) is 4.31. The monoisotopic (exact) mass is 222 g/mol. The van der Waals surface area contributed by atoms with E-state index in [2.05, 4.69) is 4.90 Å². The Kier molecular flexibility index (Phi) is 2.66. The number of nitrogens with two attached hydrogens (primary N) is 1. The number of hydrogen-bond donors (Lipinski definition) is 1. The highest BCUT2D eigenvalue weighted by Gasteiger charge is 2.41. The van der Waals surface area contributed by atoms with Crippen LogP contribution in [0.1, 0.15) is 44.9 Å². The van der Waals surface area contributed by atoms with Crippen LogP contribution in [0.25, 0.3) is 0 Å². The highest BCUT2D eigenvalue weighted by atomic mass is 16.2. The molecule has 3 saturated carbocycles. The van der Waals surface area contributed by atoms with E-state index in [0.717, 1.165) is 31.7 Å². The van der Waals surface area contributed by atoms with Crippen LogP contribution in [0, 0.1) is 11.8 Å². The Morgan fingerprint density at radius 1 is 1.12 bits per heavy atom. The Hall–Kier alpha value is -0.570. The predicted octanol–water partition coefficient (Wildman–Crippen LogP) is 1.51. The minimum absolute atomic E-state index is 0.132. The molecule has 0 aromatic heterocycles. The minimum atomic E-state index is 0.132. The molecule has 3 aliphatic carbocycles. The van der Waals surface area contributed by atoms with Gasteiger partial charge in [0.1, 0.15) is 0 Å². The zero-order chi connectivity index (χ0) is 11.1. The molecule has 0 spiro atoms. The molecular weight excluding hydrogens is 200 g/mol. The first-order valence-corrected chi connectivity index (χ1v) is 6.82. The fourth-order valence-corrected chi connectivity index (χ4v) is 2.89. The van der Waals surface area contributed by atoms with E-state index in [1.165, 1.54) is 25.7 Å². The lowest BCUT2D eigenvalue weighted by Crippen LogP contribution is -2.43. The van der Waals surface area contributed by atoms with Crippen molar-refractivity contribution in [2.45, 2.75) is 57.0 Å². The molecule has 0 radical (unpaired) electrons. The van der Waals surface area contributed by atoms with Crippen molar-refractivity contribution in [2.24, 2.45) is 17.6 Å². The summed E-state index contributed by atoms with van der Waals surface area (Å²) < 4.78 is 0. The number of nitrogens with zero attached hydrogens (tertiary/aromatic N) is 1. The smallest absolute Gasteiger partial charge is 0.227 e. The molecule has 3 heteroatoms. The summed E-state index contributed by atoms with van der Waals surface area (Å²) in [5.74, 6) is 1.32. The zero-order valence-electron chi connectivity index (χ0n) is 9.90. The molecule has 2 N–H and O–H groups in total. The first-order valence-electron chi connectivity index (χ1n) is 6.82. The van der Waals surface area contributed by atoms with Crippen LogP contribution < -0.4 is 5.73 Å². The van der Waals surface area contributed by atoms with Crippen LogP contribution in [0.4, 0.5) is 0 Å². The van der Waals surface area contributed by atoms with E-state index in [-0.39, 0.29) is 12.0 Å². The van der Waals surface area contributed by atoms with Gasteiger partial charge in [0.25, 0.3) is 0 Å². The van der Waals surface area contributed by atoms with Crippen molar-refractivity contribution in [1.29, 1.82) is 0 Å². The van der Waals surface area contributed by atoms with E-state index in [1.54, 1.807) is 0 Å². The molecule has 3 nitrogen and oxygen atoms in total. The maximum atomic E-state index is 12.4. The van der Waals surface area contributed by atoms with Gasteiger partial charge in [-0.15, -0.1) is 0 Å². The maximum Gasteiger partial charge on any atom is 0.227 e. The standard InChI is InChI=1S/C13H22N2O/c14-12-3-1-2-11(12)13(16)15(10-6-7-10)8-9-4-5-9/h9-12H,1-8,14H2. The first-order chi connectivity index (χ1) is 7.75. The summed E-state index contributed by atoms with van der Waals surface area (Å²) in [7, 11) is 0. The largest absolute Gasteiger partial charge is 0.339 e. The van der Waals surface area contributed by atoms with E-state index < -0.39 is 0 Å². The second kappa shape index (κ2) is 4.02. The Balaban J connectivity index is 1.64. The molecule has 90 valence electrons. The Morgan fingerprint density at radius 2 is 1.88 bits per heavy atom. The molecule has 3 aliphatic rings. The SMILES string of the molecule is NC1CCCC1C(=O)N(CC1CC1)C1CC1. The van der Waals surface area contributed by atoms with Crippen molar-refractivity contribution in [2.75, 3.05) is 6.54 Å². The van der Waals surface area contributed by atoms with E-state index in [4.69, 9.17) is 5.73 Å². The van der Waals surface area contributed by atoms with Gasteiger partial charge in [-0.05, 0) is 44.4 Å². The number of hydrogen-bond acceptors (Lipinski definition) is 2. The maximum absolute atomic E-state index is 12.4. The van der Waals surface area contributed by atoms with Crippen molar-refractivity contribution in [1.82, 2.24) is 4.90 Å². The van der Waals surface area contributed by atoms with Crippen LogP contribution >= 0.6 is 0 Å². The van der Waals surface area contributed by atoms with Gasteiger partial charge >= 0.3 is 0 Å². The Morgan fingerprint density at radius 3 is 2.38 bits per heavy atom. The minimum Gasteiger partial charge on any atom is -0.339 e. The third-order valence-corrected chi connectivity index (χ3v) is 4.31. The molecular formula is C13H22N2O. The lowest BCUT2D eigenvalue weighted by atomic mass is 10.0. The summed E-state index contributed by atoms with van der Waals surface area (Å²) in [6, 6.07) is 0.703. The third kappa shape index (κ3) is 2.10. The molecule has 0 saturated heterocycles. The second-order valence-electron chi connectivity index (χ2n) is 5.87. The molecule has 3 rings (SSSR count). The van der Waals surface area contributed by atoms with Crippen molar-refractivity contribution >= 4 is 5.91 Å². The van der Waals surface area contributed by atoms with Crippen LogP contribution in [-0.4, -0.2) is 29.4 Å². The number of rotatable bonds is 4. The van der Waals surface area contributed by atoms with Crippen molar-refractivity contribution in [3.8, 4) is 0 Å². The fourth-order valence-electron chi connectivity index (χ4n) is 2.89. The van der Waals surface area contributed by atoms with Crippen LogP contribution in [0.3, 0.4) is 0 Å². The lowest BCUT2D eigenvalue weighted by Gasteiger charge is -2.27. The molecule has 2 unspecified atom stereocenters. The van der Waals surface area contributed by atoms with E-state index in [1.807, 2.05) is 0 Å². The highest BCUT2D eigenvalue weighted by molar-refractivity contribution is 5.80. The van der Waals surface area contributed by atoms with E-state index in [9.17, 15) is 4.79 Å². The summed E-state index contributed by atoms with van der Waals surface area (Å²) in [6.45, 7) is 1.02. The molecule has 0 aromatic carbocycles. The second-order valence-corrected chi connectivity index (χ2v) is 5.87. The molecule has 0 heterocycles. The molecule has 0 bridgehead atoms. The van der Waals surface area contributed by atoms with Gasteiger partial charge in [0, 0.05) is 18.6 Å². The van der Waals surface area contributed by atoms with E-state index in [0.29, 0.717) is 11.9 Å². The quantitative estimate of drug-likeness (QED) is 0.784. The number of amides is 1. The Labute approximate surface area is 97.4 Å². The highest BCUT2D eigenvalue weighted by Crippen LogP contribution is 2.37. The van der Waals surface area contributed by atoms with Crippen LogP contribution in [0.5, 0.6) is 0 Å². The Bertz CT molecular complexity index is 284. The van der Waals surface area contributed by atoms with Crippen molar-refractivity contribution in [3.63, 3.8) is 0 Å². The first kappa shape index (κ1) is 10.6. The average Bonchev–Trinajstić information content (AvgIpc) is 3.14. The molecule has 16 heavy (non-hydrogen) atoms. The van der Waals surface area contributed by atoms with Gasteiger partial charge in [0.15, 0.2) is 0 Å². The zero-order valence-corrected chi connectivity index (χ0v) is 9.90. The molecule has 0 aliphatic heterocycles. The summed E-state index contributed by atoms with van der Waals surface area (Å²) in [4.78, 5) is 14.6. The van der Waals surface area contributed by atoms with Gasteiger partial charge in [0.05, 0.1) is 5.92 Å². The number of carbonyl (C=O) groups excluding carboxylic acids is 1. The summed E-state index contributed by atoms with van der Waals surface area (Å²) >= 11 is 0. The van der Waals surface area contributed by atoms with Crippen molar-refractivity contribution in [3.05, 3.63) is 0 Å². The van der Waals surface area contributed by atoms with Crippen LogP contribution in [-0.2, 0) is 4.79 Å². The molecule has 3 fully saturated rings. The van der Waals surface area contributed by atoms with Gasteiger partial charge in [0.2, 0.25) is 5.91 Å². The lowest BCUT2D eigenvalue weighted by molar-refractivity contribution is -0.136. The van der Waals surface area contributed by atoms with Gasteiger partial charge in [-0.25, -0.2) is 0 Å². The van der Waals surface area contributed by atoms with Gasteiger partial charge in [-0.2, -0.15) is 0 Å². The topological polar surface area (TPSA) is 46.3 Å². The molecule has 0 aromatic rings. The summed E-state index contributed by atoms with van der Waals surface area (Å²) in [5, 5.41) is 0. The van der Waals surface area contributed by atoms with Crippen LogP contribution in [0.15, 0.2) is 0 Å². The summed E-state index contributed by atoms with van der Waals surface area (Å²) in [6.07, 6.45) is 8.30. The molecule has 2 atom stereocenters. The summed E-state index contributed by atoms with van der Waals surface area (Å²) in [5.41, 5.74) is 6.04. The average molecular weight is 222 g/mol. The van der Waals surface area contributed by atoms with Crippen LogP contribution in [0.2, 0.25) is 0 Å². The van der Waals surface area contributed by atoms with Gasteiger partial charge in [-0.1, -0.05) is 6.42 Å².